The molecule has 0 spiro atoms. The van der Waals surface area contributed by atoms with Gasteiger partial charge in [0.2, 0.25) is 10.0 Å². The van der Waals surface area contributed by atoms with Gasteiger partial charge in [0.25, 0.3) is 0 Å². The summed E-state index contributed by atoms with van der Waals surface area (Å²) in [6.07, 6.45) is 0. The SMILES string of the molecule is Cc1[nH]nc(CO)c1S(=O)(=O)N(Cc1cccs1)C(C)C. The molecule has 2 aromatic rings. The lowest BCUT2D eigenvalue weighted by molar-refractivity contribution is 0.272. The maximum atomic E-state index is 12.9. The molecule has 0 atom stereocenters. The Morgan fingerprint density at radius 3 is 2.71 bits per heavy atom. The van der Waals surface area contributed by atoms with Crippen molar-refractivity contribution in [2.45, 2.75) is 44.9 Å². The number of H-pyrrole nitrogens is 1. The van der Waals surface area contributed by atoms with Gasteiger partial charge in [-0.3, -0.25) is 5.10 Å². The molecule has 0 aliphatic heterocycles. The van der Waals surface area contributed by atoms with Crippen LogP contribution >= 0.6 is 11.3 Å². The Labute approximate surface area is 128 Å². The summed E-state index contributed by atoms with van der Waals surface area (Å²) in [4.78, 5) is 1.05. The number of rotatable bonds is 6. The van der Waals surface area contributed by atoms with Crippen LogP contribution in [0.1, 0.15) is 30.1 Å². The van der Waals surface area contributed by atoms with Gasteiger partial charge in [0, 0.05) is 17.5 Å². The van der Waals surface area contributed by atoms with Crippen LogP contribution in [0, 0.1) is 6.92 Å². The van der Waals surface area contributed by atoms with E-state index in [4.69, 9.17) is 0 Å². The van der Waals surface area contributed by atoms with Gasteiger partial charge in [0.15, 0.2) is 0 Å². The smallest absolute Gasteiger partial charge is 0.247 e. The number of sulfonamides is 1. The molecule has 0 bridgehead atoms. The van der Waals surface area contributed by atoms with Crippen molar-refractivity contribution in [3.63, 3.8) is 0 Å². The normalized spacial score (nSPS) is 12.5. The van der Waals surface area contributed by atoms with E-state index in [2.05, 4.69) is 10.2 Å². The molecule has 0 aliphatic rings. The second-order valence-corrected chi connectivity index (χ2v) is 7.87. The van der Waals surface area contributed by atoms with Crippen LogP contribution in [0.15, 0.2) is 22.4 Å². The molecule has 0 unspecified atom stereocenters. The zero-order valence-electron chi connectivity index (χ0n) is 12.2. The van der Waals surface area contributed by atoms with Crippen molar-refractivity contribution in [1.82, 2.24) is 14.5 Å². The molecule has 0 saturated carbocycles. The predicted molar refractivity (Wildman–Crippen MR) is 81.4 cm³/mol. The van der Waals surface area contributed by atoms with Gasteiger partial charge in [-0.25, -0.2) is 8.42 Å². The Morgan fingerprint density at radius 2 is 2.19 bits per heavy atom. The number of aliphatic hydroxyl groups excluding tert-OH is 1. The van der Waals surface area contributed by atoms with E-state index in [9.17, 15) is 13.5 Å². The van der Waals surface area contributed by atoms with Gasteiger partial charge in [0.05, 0.1) is 12.3 Å². The molecule has 2 N–H and O–H groups in total. The van der Waals surface area contributed by atoms with E-state index >= 15 is 0 Å². The number of thiophene rings is 1. The third kappa shape index (κ3) is 3.18. The fourth-order valence-corrected chi connectivity index (χ4v) is 4.86. The van der Waals surface area contributed by atoms with Gasteiger partial charge in [-0.15, -0.1) is 11.3 Å². The minimum absolute atomic E-state index is 0.0789. The van der Waals surface area contributed by atoms with Crippen LogP contribution in [-0.4, -0.2) is 34.1 Å². The first-order valence-electron chi connectivity index (χ1n) is 6.56. The average Bonchev–Trinajstić information content (AvgIpc) is 3.04. The van der Waals surface area contributed by atoms with Crippen LogP contribution in [0.25, 0.3) is 0 Å². The van der Waals surface area contributed by atoms with E-state index in [-0.39, 0.29) is 16.6 Å². The number of aliphatic hydroxyl groups is 1. The van der Waals surface area contributed by atoms with Gasteiger partial charge >= 0.3 is 0 Å². The summed E-state index contributed by atoms with van der Waals surface area (Å²) in [5, 5.41) is 17.7. The van der Waals surface area contributed by atoms with Crippen molar-refractivity contribution in [3.05, 3.63) is 33.8 Å². The third-order valence-electron chi connectivity index (χ3n) is 3.15. The fourth-order valence-electron chi connectivity index (χ4n) is 2.14. The van der Waals surface area contributed by atoms with E-state index in [1.807, 2.05) is 31.4 Å². The number of nitrogens with one attached hydrogen (secondary N) is 1. The summed E-state index contributed by atoms with van der Waals surface area (Å²) < 4.78 is 27.3. The van der Waals surface area contributed by atoms with Crippen LogP contribution < -0.4 is 0 Å². The fraction of sp³-hybridized carbons (Fsp3) is 0.462. The Bertz CT molecular complexity index is 690. The predicted octanol–water partition coefficient (Wildman–Crippen LogP) is 1.87. The number of aryl methyl sites for hydroxylation is 1. The highest BCUT2D eigenvalue weighted by Crippen LogP contribution is 2.26. The van der Waals surface area contributed by atoms with Crippen LogP contribution in [0.5, 0.6) is 0 Å². The zero-order valence-corrected chi connectivity index (χ0v) is 13.8. The molecule has 0 aliphatic carbocycles. The lowest BCUT2D eigenvalue weighted by atomic mass is 10.4. The first kappa shape index (κ1) is 16.2. The highest BCUT2D eigenvalue weighted by Gasteiger charge is 2.32. The monoisotopic (exact) mass is 329 g/mol. The number of hydrogen-bond acceptors (Lipinski definition) is 5. The van der Waals surface area contributed by atoms with Crippen molar-refractivity contribution in [2.24, 2.45) is 0 Å². The van der Waals surface area contributed by atoms with Crippen LogP contribution in [0.4, 0.5) is 0 Å². The Morgan fingerprint density at radius 1 is 1.48 bits per heavy atom. The molecule has 0 saturated heterocycles. The number of nitrogens with zero attached hydrogens (tertiary/aromatic N) is 2. The molecule has 0 fully saturated rings. The second kappa shape index (κ2) is 6.27. The maximum absolute atomic E-state index is 12.9. The molecule has 0 radical (unpaired) electrons. The minimum atomic E-state index is -3.72. The number of aromatic nitrogens is 2. The van der Waals surface area contributed by atoms with Gasteiger partial charge in [0.1, 0.15) is 10.6 Å². The van der Waals surface area contributed by atoms with Crippen LogP contribution in [-0.2, 0) is 23.2 Å². The molecule has 0 amide bonds. The third-order valence-corrected chi connectivity index (χ3v) is 6.23. The molecule has 116 valence electrons. The highest BCUT2D eigenvalue weighted by atomic mass is 32.2. The summed E-state index contributed by atoms with van der Waals surface area (Å²) in [7, 11) is -3.72. The Kier molecular flexibility index (Phi) is 4.82. The molecule has 0 aromatic carbocycles. The van der Waals surface area contributed by atoms with E-state index in [0.717, 1.165) is 4.88 Å². The average molecular weight is 329 g/mol. The highest BCUT2D eigenvalue weighted by molar-refractivity contribution is 7.89. The van der Waals surface area contributed by atoms with E-state index in [1.165, 1.54) is 15.6 Å². The van der Waals surface area contributed by atoms with Crippen molar-refractivity contribution < 1.29 is 13.5 Å². The lowest BCUT2D eigenvalue weighted by Crippen LogP contribution is -2.36. The van der Waals surface area contributed by atoms with Gasteiger partial charge in [-0.2, -0.15) is 9.40 Å². The van der Waals surface area contributed by atoms with Gasteiger partial charge in [-0.1, -0.05) is 6.07 Å². The molecule has 21 heavy (non-hydrogen) atoms. The quantitative estimate of drug-likeness (QED) is 0.847. The minimum Gasteiger partial charge on any atom is -0.390 e. The summed E-state index contributed by atoms with van der Waals surface area (Å²) in [6, 6.07) is 3.61. The van der Waals surface area contributed by atoms with Gasteiger partial charge in [-0.05, 0) is 32.2 Å². The van der Waals surface area contributed by atoms with E-state index in [1.54, 1.807) is 6.92 Å². The summed E-state index contributed by atoms with van der Waals surface area (Å²) in [6.45, 7) is 5.21. The van der Waals surface area contributed by atoms with Crippen LogP contribution in [0.2, 0.25) is 0 Å². The zero-order chi connectivity index (χ0) is 15.6. The Balaban J connectivity index is 2.45. The molecular weight excluding hydrogens is 310 g/mol. The second-order valence-electron chi connectivity index (χ2n) is 5.01. The first-order valence-corrected chi connectivity index (χ1v) is 8.88. The summed E-state index contributed by atoms with van der Waals surface area (Å²) in [5.74, 6) is 0. The van der Waals surface area contributed by atoms with E-state index in [0.29, 0.717) is 12.2 Å². The van der Waals surface area contributed by atoms with E-state index < -0.39 is 16.6 Å². The van der Waals surface area contributed by atoms with Crippen molar-refractivity contribution in [2.75, 3.05) is 0 Å². The standard InChI is InChI=1S/C13H19N3O3S2/c1-9(2)16(7-11-5-4-6-20-11)21(18,19)13-10(3)14-15-12(13)8-17/h4-6,9,17H,7-8H2,1-3H3,(H,14,15). The molecule has 2 rings (SSSR count). The van der Waals surface area contributed by atoms with Crippen molar-refractivity contribution in [1.29, 1.82) is 0 Å². The number of aromatic amines is 1. The van der Waals surface area contributed by atoms with Crippen molar-refractivity contribution in [3.8, 4) is 0 Å². The lowest BCUT2D eigenvalue weighted by Gasteiger charge is -2.25. The molecular formula is C13H19N3O3S2. The topological polar surface area (TPSA) is 86.3 Å². The Hall–Kier alpha value is -1.22. The maximum Gasteiger partial charge on any atom is 0.247 e. The summed E-state index contributed by atoms with van der Waals surface area (Å²) in [5.41, 5.74) is 0.597. The van der Waals surface area contributed by atoms with Crippen LogP contribution in [0.3, 0.4) is 0 Å². The summed E-state index contributed by atoms with van der Waals surface area (Å²) >= 11 is 1.52. The molecule has 2 heterocycles. The molecule has 6 nitrogen and oxygen atoms in total. The molecule has 2 aromatic heterocycles. The molecule has 8 heteroatoms. The largest absolute Gasteiger partial charge is 0.390 e. The first-order chi connectivity index (χ1) is 9.87. The van der Waals surface area contributed by atoms with Gasteiger partial charge < -0.3 is 5.11 Å². The number of hydrogen-bond donors (Lipinski definition) is 2. The van der Waals surface area contributed by atoms with Crippen molar-refractivity contribution >= 4 is 21.4 Å².